The summed E-state index contributed by atoms with van der Waals surface area (Å²) in [5.74, 6) is 0. The molecular formula is C10H21NO3. The Morgan fingerprint density at radius 2 is 2.43 bits per heavy atom. The molecule has 1 aliphatic heterocycles. The first-order valence-electron chi connectivity index (χ1n) is 5.23. The minimum Gasteiger partial charge on any atom is -0.394 e. The number of hydrogen-bond acceptors (Lipinski definition) is 4. The van der Waals surface area contributed by atoms with Crippen LogP contribution in [0.25, 0.3) is 0 Å². The van der Waals surface area contributed by atoms with Gasteiger partial charge in [-0.25, -0.2) is 0 Å². The maximum Gasteiger partial charge on any atom is 0.0830 e. The standard InChI is InChI=1S/C10H21NO3/c1-10(11,8-12)4-2-5-14-9-3-6-13-7-9/h9,12H,2-8,11H2,1H3. The Bertz CT molecular complexity index is 155. The summed E-state index contributed by atoms with van der Waals surface area (Å²) in [7, 11) is 0. The number of rotatable bonds is 6. The van der Waals surface area contributed by atoms with Crippen LogP contribution in [0.1, 0.15) is 26.2 Å². The lowest BCUT2D eigenvalue weighted by atomic mass is 9.99. The fourth-order valence-electron chi connectivity index (χ4n) is 1.45. The second kappa shape index (κ2) is 5.66. The molecule has 1 saturated heterocycles. The van der Waals surface area contributed by atoms with Crippen LogP contribution in [0.2, 0.25) is 0 Å². The maximum absolute atomic E-state index is 8.92. The third kappa shape index (κ3) is 4.37. The molecule has 0 aliphatic carbocycles. The van der Waals surface area contributed by atoms with E-state index in [1.807, 2.05) is 6.92 Å². The lowest BCUT2D eigenvalue weighted by molar-refractivity contribution is 0.0373. The highest BCUT2D eigenvalue weighted by atomic mass is 16.5. The Morgan fingerprint density at radius 3 is 3.00 bits per heavy atom. The Kier molecular flexibility index (Phi) is 4.81. The van der Waals surface area contributed by atoms with Gasteiger partial charge >= 0.3 is 0 Å². The highest BCUT2D eigenvalue weighted by Crippen LogP contribution is 2.11. The summed E-state index contributed by atoms with van der Waals surface area (Å²) in [6.07, 6.45) is 2.95. The SMILES string of the molecule is CC(N)(CO)CCCOC1CCOC1. The fraction of sp³-hybridized carbons (Fsp3) is 1.00. The van der Waals surface area contributed by atoms with Crippen LogP contribution in [0.5, 0.6) is 0 Å². The molecule has 0 amide bonds. The minimum atomic E-state index is -0.463. The first kappa shape index (κ1) is 11.9. The molecule has 4 heteroatoms. The van der Waals surface area contributed by atoms with Gasteiger partial charge in [-0.15, -0.1) is 0 Å². The zero-order valence-corrected chi connectivity index (χ0v) is 8.87. The van der Waals surface area contributed by atoms with E-state index in [1.54, 1.807) is 0 Å². The van der Waals surface area contributed by atoms with Gasteiger partial charge in [0.2, 0.25) is 0 Å². The number of aliphatic hydroxyl groups is 1. The molecule has 0 radical (unpaired) electrons. The molecule has 3 N–H and O–H groups in total. The van der Waals surface area contributed by atoms with Crippen LogP contribution in [-0.4, -0.2) is 43.2 Å². The van der Waals surface area contributed by atoms with E-state index in [4.69, 9.17) is 20.3 Å². The molecule has 0 spiro atoms. The summed E-state index contributed by atoms with van der Waals surface area (Å²) in [5.41, 5.74) is 5.32. The van der Waals surface area contributed by atoms with Crippen molar-refractivity contribution in [2.24, 2.45) is 5.73 Å². The Labute approximate surface area is 85.4 Å². The van der Waals surface area contributed by atoms with Gasteiger partial charge in [-0.1, -0.05) is 0 Å². The van der Waals surface area contributed by atoms with E-state index in [0.29, 0.717) is 6.61 Å². The van der Waals surface area contributed by atoms with Gasteiger partial charge < -0.3 is 20.3 Å². The molecule has 1 aliphatic rings. The topological polar surface area (TPSA) is 64.7 Å². The van der Waals surface area contributed by atoms with Gasteiger partial charge in [0.1, 0.15) is 0 Å². The van der Waals surface area contributed by atoms with Crippen molar-refractivity contribution >= 4 is 0 Å². The van der Waals surface area contributed by atoms with Crippen molar-refractivity contribution in [3.8, 4) is 0 Å². The van der Waals surface area contributed by atoms with E-state index in [1.165, 1.54) is 0 Å². The molecule has 0 aromatic carbocycles. The lowest BCUT2D eigenvalue weighted by Gasteiger charge is -2.21. The predicted molar refractivity (Wildman–Crippen MR) is 54.1 cm³/mol. The summed E-state index contributed by atoms with van der Waals surface area (Å²) in [4.78, 5) is 0. The third-order valence-electron chi connectivity index (χ3n) is 2.49. The van der Waals surface area contributed by atoms with Crippen molar-refractivity contribution in [1.82, 2.24) is 0 Å². The Balaban J connectivity index is 1.98. The van der Waals surface area contributed by atoms with Crippen molar-refractivity contribution < 1.29 is 14.6 Å². The largest absolute Gasteiger partial charge is 0.394 e. The van der Waals surface area contributed by atoms with E-state index < -0.39 is 5.54 Å². The van der Waals surface area contributed by atoms with Gasteiger partial charge in [-0.3, -0.25) is 0 Å². The molecule has 1 heterocycles. The Hall–Kier alpha value is -0.160. The quantitative estimate of drug-likeness (QED) is 0.609. The van der Waals surface area contributed by atoms with Crippen LogP contribution in [0, 0.1) is 0 Å². The van der Waals surface area contributed by atoms with Gasteiger partial charge in [-0.05, 0) is 26.2 Å². The van der Waals surface area contributed by atoms with E-state index in [9.17, 15) is 0 Å². The van der Waals surface area contributed by atoms with Crippen molar-refractivity contribution in [2.75, 3.05) is 26.4 Å². The smallest absolute Gasteiger partial charge is 0.0830 e. The van der Waals surface area contributed by atoms with Gasteiger partial charge in [0.25, 0.3) is 0 Å². The van der Waals surface area contributed by atoms with Crippen LogP contribution in [0.4, 0.5) is 0 Å². The molecule has 14 heavy (non-hydrogen) atoms. The van der Waals surface area contributed by atoms with Gasteiger partial charge in [0.15, 0.2) is 0 Å². The van der Waals surface area contributed by atoms with Crippen molar-refractivity contribution in [3.63, 3.8) is 0 Å². The maximum atomic E-state index is 8.92. The van der Waals surface area contributed by atoms with Crippen LogP contribution in [0.3, 0.4) is 0 Å². The van der Waals surface area contributed by atoms with Crippen LogP contribution in [-0.2, 0) is 9.47 Å². The van der Waals surface area contributed by atoms with Gasteiger partial charge in [0.05, 0.1) is 19.3 Å². The molecule has 1 rings (SSSR count). The molecule has 2 atom stereocenters. The number of nitrogens with two attached hydrogens (primary N) is 1. The summed E-state index contributed by atoms with van der Waals surface area (Å²) >= 11 is 0. The average Bonchev–Trinajstić information content (AvgIpc) is 2.65. The van der Waals surface area contributed by atoms with E-state index in [0.717, 1.165) is 32.5 Å². The van der Waals surface area contributed by atoms with E-state index in [2.05, 4.69) is 0 Å². The van der Waals surface area contributed by atoms with Crippen molar-refractivity contribution in [3.05, 3.63) is 0 Å². The normalized spacial score (nSPS) is 26.4. The highest BCUT2D eigenvalue weighted by molar-refractivity contribution is 4.76. The molecule has 0 aromatic heterocycles. The molecule has 0 saturated carbocycles. The molecule has 0 bridgehead atoms. The monoisotopic (exact) mass is 203 g/mol. The summed E-state index contributed by atoms with van der Waals surface area (Å²) in [6.45, 7) is 4.13. The zero-order chi connectivity index (χ0) is 10.4. The second-order valence-electron chi connectivity index (χ2n) is 4.27. The number of hydrogen-bond donors (Lipinski definition) is 2. The molecule has 2 unspecified atom stereocenters. The fourth-order valence-corrected chi connectivity index (χ4v) is 1.45. The summed E-state index contributed by atoms with van der Waals surface area (Å²) in [5, 5.41) is 8.92. The summed E-state index contributed by atoms with van der Waals surface area (Å²) in [6, 6.07) is 0. The molecule has 1 fully saturated rings. The molecule has 84 valence electrons. The van der Waals surface area contributed by atoms with Crippen LogP contribution in [0.15, 0.2) is 0 Å². The number of aliphatic hydroxyl groups excluding tert-OH is 1. The Morgan fingerprint density at radius 1 is 1.64 bits per heavy atom. The average molecular weight is 203 g/mol. The second-order valence-corrected chi connectivity index (χ2v) is 4.27. The molecular weight excluding hydrogens is 182 g/mol. The van der Waals surface area contributed by atoms with Crippen molar-refractivity contribution in [1.29, 1.82) is 0 Å². The first-order valence-corrected chi connectivity index (χ1v) is 5.23. The third-order valence-corrected chi connectivity index (χ3v) is 2.49. The number of ether oxygens (including phenoxy) is 2. The van der Waals surface area contributed by atoms with E-state index >= 15 is 0 Å². The van der Waals surface area contributed by atoms with Gasteiger partial charge in [0, 0.05) is 18.8 Å². The summed E-state index contributed by atoms with van der Waals surface area (Å²) < 4.78 is 10.8. The minimum absolute atomic E-state index is 0.0273. The predicted octanol–water partition coefficient (Wildman–Crippen LogP) is 0.282. The van der Waals surface area contributed by atoms with Gasteiger partial charge in [-0.2, -0.15) is 0 Å². The van der Waals surface area contributed by atoms with Crippen LogP contribution < -0.4 is 5.73 Å². The first-order chi connectivity index (χ1) is 6.64. The van der Waals surface area contributed by atoms with Crippen LogP contribution >= 0.6 is 0 Å². The molecule has 0 aromatic rings. The highest BCUT2D eigenvalue weighted by Gasteiger charge is 2.18. The van der Waals surface area contributed by atoms with Crippen molar-refractivity contribution in [2.45, 2.75) is 37.8 Å². The molecule has 4 nitrogen and oxygen atoms in total. The lowest BCUT2D eigenvalue weighted by Crippen LogP contribution is -2.40. The zero-order valence-electron chi connectivity index (χ0n) is 8.87. The van der Waals surface area contributed by atoms with E-state index in [-0.39, 0.29) is 12.7 Å².